The van der Waals surface area contributed by atoms with Gasteiger partial charge in [-0.25, -0.2) is 0 Å². The van der Waals surface area contributed by atoms with Gasteiger partial charge in [0.1, 0.15) is 0 Å². The van der Waals surface area contributed by atoms with E-state index in [1.165, 1.54) is 12.1 Å². The Balaban J connectivity index is 2.25. The first-order valence-corrected chi connectivity index (χ1v) is 5.65. The fourth-order valence-corrected chi connectivity index (χ4v) is 1.34. The van der Waals surface area contributed by atoms with Gasteiger partial charge in [0.25, 0.3) is 5.69 Å². The Morgan fingerprint density at radius 2 is 2.00 bits per heavy atom. The Hall–Kier alpha value is -1.46. The van der Waals surface area contributed by atoms with Crippen LogP contribution in [0.1, 0.15) is 19.4 Å². The van der Waals surface area contributed by atoms with Crippen LogP contribution in [-0.4, -0.2) is 24.2 Å². The molecule has 0 fully saturated rings. The van der Waals surface area contributed by atoms with Crippen LogP contribution in [0.15, 0.2) is 24.3 Å². The third-order valence-electron chi connectivity index (χ3n) is 2.21. The molecule has 0 heterocycles. The van der Waals surface area contributed by atoms with Crippen LogP contribution < -0.4 is 5.32 Å². The summed E-state index contributed by atoms with van der Waals surface area (Å²) < 4.78 is 5.38. The number of nitro benzene ring substituents is 1. The number of rotatable bonds is 7. The molecule has 0 atom stereocenters. The van der Waals surface area contributed by atoms with Gasteiger partial charge < -0.3 is 10.1 Å². The van der Waals surface area contributed by atoms with Crippen molar-refractivity contribution >= 4 is 5.69 Å². The molecular formula is C12H18N2O3. The summed E-state index contributed by atoms with van der Waals surface area (Å²) >= 11 is 0. The average Bonchev–Trinajstić information content (AvgIpc) is 2.29. The zero-order valence-corrected chi connectivity index (χ0v) is 10.2. The molecule has 0 aromatic heterocycles. The molecule has 0 saturated heterocycles. The van der Waals surface area contributed by atoms with Crippen molar-refractivity contribution in [3.8, 4) is 0 Å². The predicted octanol–water partition coefficient (Wildman–Crippen LogP) is 2.11. The summed E-state index contributed by atoms with van der Waals surface area (Å²) in [5.41, 5.74) is 1.15. The number of ether oxygens (including phenoxy) is 1. The molecular weight excluding hydrogens is 220 g/mol. The second-order valence-corrected chi connectivity index (χ2v) is 4.02. The Morgan fingerprint density at radius 1 is 1.35 bits per heavy atom. The second kappa shape index (κ2) is 6.98. The summed E-state index contributed by atoms with van der Waals surface area (Å²) in [6.07, 6.45) is 0.246. The summed E-state index contributed by atoms with van der Waals surface area (Å²) in [6.45, 7) is 6.13. The molecule has 1 aromatic carbocycles. The van der Waals surface area contributed by atoms with Gasteiger partial charge in [0, 0.05) is 25.2 Å². The monoisotopic (exact) mass is 238 g/mol. The lowest BCUT2D eigenvalue weighted by atomic mass is 10.2. The number of nitrogens with zero attached hydrogens (tertiary/aromatic N) is 1. The van der Waals surface area contributed by atoms with Gasteiger partial charge in [0.05, 0.1) is 17.6 Å². The molecule has 5 nitrogen and oxygen atoms in total. The van der Waals surface area contributed by atoms with Gasteiger partial charge in [-0.2, -0.15) is 0 Å². The lowest BCUT2D eigenvalue weighted by molar-refractivity contribution is -0.384. The Kier molecular flexibility index (Phi) is 5.59. The van der Waals surface area contributed by atoms with Crippen LogP contribution in [0.2, 0.25) is 0 Å². The largest absolute Gasteiger partial charge is 0.377 e. The maximum atomic E-state index is 10.4. The van der Waals surface area contributed by atoms with Gasteiger partial charge in [-0.3, -0.25) is 10.1 Å². The first kappa shape index (κ1) is 13.6. The Morgan fingerprint density at radius 3 is 2.53 bits per heavy atom. The molecule has 1 rings (SSSR count). The van der Waals surface area contributed by atoms with E-state index in [-0.39, 0.29) is 11.8 Å². The highest BCUT2D eigenvalue weighted by atomic mass is 16.6. The zero-order chi connectivity index (χ0) is 12.7. The van der Waals surface area contributed by atoms with Crippen molar-refractivity contribution < 1.29 is 9.66 Å². The molecule has 1 N–H and O–H groups in total. The van der Waals surface area contributed by atoms with Gasteiger partial charge >= 0.3 is 0 Å². The quantitative estimate of drug-likeness (QED) is 0.449. The van der Waals surface area contributed by atoms with E-state index in [1.54, 1.807) is 12.1 Å². The van der Waals surface area contributed by atoms with E-state index < -0.39 is 4.92 Å². The summed E-state index contributed by atoms with van der Waals surface area (Å²) in [5, 5.41) is 13.7. The van der Waals surface area contributed by atoms with Crippen LogP contribution in [-0.2, 0) is 11.3 Å². The first-order chi connectivity index (χ1) is 8.09. The highest BCUT2D eigenvalue weighted by Crippen LogP contribution is 2.11. The van der Waals surface area contributed by atoms with Crippen LogP contribution in [0.25, 0.3) is 0 Å². The standard InChI is InChI=1S/C12H18N2O3/c1-10(2)17-8-7-13-9-11-3-5-12(6-4-11)14(15)16/h3-6,10,13H,7-9H2,1-2H3. The van der Waals surface area contributed by atoms with E-state index in [4.69, 9.17) is 4.74 Å². The third kappa shape index (κ3) is 5.42. The van der Waals surface area contributed by atoms with Crippen LogP contribution in [0.5, 0.6) is 0 Å². The molecule has 0 aliphatic rings. The summed E-state index contributed by atoms with van der Waals surface area (Å²) in [4.78, 5) is 10.1. The molecule has 0 amide bonds. The van der Waals surface area contributed by atoms with E-state index in [2.05, 4.69) is 5.32 Å². The molecule has 1 aromatic rings. The maximum Gasteiger partial charge on any atom is 0.269 e. The van der Waals surface area contributed by atoms with Crippen molar-refractivity contribution in [1.82, 2.24) is 5.32 Å². The smallest absolute Gasteiger partial charge is 0.269 e. The minimum absolute atomic E-state index is 0.122. The molecule has 5 heteroatoms. The van der Waals surface area contributed by atoms with Crippen molar-refractivity contribution in [3.63, 3.8) is 0 Å². The van der Waals surface area contributed by atoms with Crippen molar-refractivity contribution in [2.45, 2.75) is 26.5 Å². The minimum Gasteiger partial charge on any atom is -0.377 e. The average molecular weight is 238 g/mol. The highest BCUT2D eigenvalue weighted by molar-refractivity contribution is 5.32. The van der Waals surface area contributed by atoms with Crippen LogP contribution in [0, 0.1) is 10.1 Å². The van der Waals surface area contributed by atoms with Gasteiger partial charge in [-0.1, -0.05) is 12.1 Å². The molecule has 94 valence electrons. The maximum absolute atomic E-state index is 10.4. The number of nitro groups is 1. The minimum atomic E-state index is -0.395. The van der Waals surface area contributed by atoms with Gasteiger partial charge in [-0.05, 0) is 19.4 Å². The Labute approximate surface area is 101 Å². The zero-order valence-electron chi connectivity index (χ0n) is 10.2. The van der Waals surface area contributed by atoms with Crippen molar-refractivity contribution in [2.24, 2.45) is 0 Å². The molecule has 0 radical (unpaired) electrons. The molecule has 17 heavy (non-hydrogen) atoms. The number of nitrogens with one attached hydrogen (secondary N) is 1. The first-order valence-electron chi connectivity index (χ1n) is 5.65. The van der Waals surface area contributed by atoms with E-state index >= 15 is 0 Å². The van der Waals surface area contributed by atoms with Gasteiger partial charge in [0.15, 0.2) is 0 Å². The fourth-order valence-electron chi connectivity index (χ4n) is 1.34. The number of hydrogen-bond donors (Lipinski definition) is 1. The normalized spacial score (nSPS) is 10.8. The second-order valence-electron chi connectivity index (χ2n) is 4.02. The SMILES string of the molecule is CC(C)OCCNCc1ccc([N+](=O)[O-])cc1. The lowest BCUT2D eigenvalue weighted by Gasteiger charge is -2.08. The van der Waals surface area contributed by atoms with E-state index in [9.17, 15) is 10.1 Å². The number of benzene rings is 1. The molecule has 0 spiro atoms. The summed E-state index contributed by atoms with van der Waals surface area (Å²) in [6, 6.07) is 6.55. The van der Waals surface area contributed by atoms with Crippen LogP contribution >= 0.6 is 0 Å². The molecule has 0 unspecified atom stereocenters. The molecule has 0 bridgehead atoms. The number of hydrogen-bond acceptors (Lipinski definition) is 4. The topological polar surface area (TPSA) is 64.4 Å². The van der Waals surface area contributed by atoms with Crippen molar-refractivity contribution in [2.75, 3.05) is 13.2 Å². The van der Waals surface area contributed by atoms with Gasteiger partial charge in [0.2, 0.25) is 0 Å². The summed E-state index contributed by atoms with van der Waals surface area (Å²) in [7, 11) is 0. The highest BCUT2D eigenvalue weighted by Gasteiger charge is 2.03. The molecule has 0 aliphatic carbocycles. The van der Waals surface area contributed by atoms with Crippen LogP contribution in [0.3, 0.4) is 0 Å². The van der Waals surface area contributed by atoms with E-state index in [1.807, 2.05) is 13.8 Å². The molecule has 0 aliphatic heterocycles. The number of non-ortho nitro benzene ring substituents is 1. The van der Waals surface area contributed by atoms with E-state index in [0.29, 0.717) is 13.2 Å². The summed E-state index contributed by atoms with van der Waals surface area (Å²) in [5.74, 6) is 0. The van der Waals surface area contributed by atoms with Crippen molar-refractivity contribution in [1.29, 1.82) is 0 Å². The van der Waals surface area contributed by atoms with Crippen LogP contribution in [0.4, 0.5) is 5.69 Å². The fraction of sp³-hybridized carbons (Fsp3) is 0.500. The molecule has 0 saturated carbocycles. The van der Waals surface area contributed by atoms with Gasteiger partial charge in [-0.15, -0.1) is 0 Å². The lowest BCUT2D eigenvalue weighted by Crippen LogP contribution is -2.20. The predicted molar refractivity (Wildman–Crippen MR) is 65.9 cm³/mol. The third-order valence-corrected chi connectivity index (χ3v) is 2.21. The van der Waals surface area contributed by atoms with E-state index in [0.717, 1.165) is 12.1 Å². The Bertz CT molecular complexity index is 349. The van der Waals surface area contributed by atoms with Crippen molar-refractivity contribution in [3.05, 3.63) is 39.9 Å².